The SMILES string of the molecule is CN1CCN(Cc2ccccc2)CC(Cn2[nH]c(=O)c3ccccc32)C1. The highest BCUT2D eigenvalue weighted by Gasteiger charge is 2.22. The van der Waals surface area contributed by atoms with E-state index in [2.05, 4.69) is 52.3 Å². The molecule has 5 heteroatoms. The number of likely N-dealkylation sites (N-methyl/N-ethyl adjacent to an activating group) is 1. The molecule has 1 fully saturated rings. The first-order valence-electron chi connectivity index (χ1n) is 9.31. The van der Waals surface area contributed by atoms with Crippen molar-refractivity contribution < 1.29 is 0 Å². The van der Waals surface area contributed by atoms with Crippen LogP contribution in [-0.2, 0) is 13.1 Å². The zero-order chi connectivity index (χ0) is 17.9. The Balaban J connectivity index is 1.53. The molecule has 1 aliphatic rings. The van der Waals surface area contributed by atoms with Gasteiger partial charge in [-0.25, -0.2) is 0 Å². The lowest BCUT2D eigenvalue weighted by molar-refractivity contribution is 0.235. The largest absolute Gasteiger partial charge is 0.305 e. The van der Waals surface area contributed by atoms with Crippen molar-refractivity contribution in [1.29, 1.82) is 0 Å². The lowest BCUT2D eigenvalue weighted by Crippen LogP contribution is -2.32. The fourth-order valence-corrected chi connectivity index (χ4v) is 4.01. The molecule has 1 unspecified atom stereocenters. The number of rotatable bonds is 4. The summed E-state index contributed by atoms with van der Waals surface area (Å²) in [5.41, 5.74) is 2.36. The molecule has 0 spiro atoms. The summed E-state index contributed by atoms with van der Waals surface area (Å²) in [6.07, 6.45) is 0. The van der Waals surface area contributed by atoms with Crippen molar-refractivity contribution in [2.24, 2.45) is 5.92 Å². The third-order valence-electron chi connectivity index (χ3n) is 5.25. The van der Waals surface area contributed by atoms with E-state index >= 15 is 0 Å². The Kier molecular flexibility index (Phi) is 4.91. The second kappa shape index (κ2) is 7.48. The molecule has 2 heterocycles. The topological polar surface area (TPSA) is 44.3 Å². The van der Waals surface area contributed by atoms with E-state index < -0.39 is 0 Å². The van der Waals surface area contributed by atoms with E-state index in [-0.39, 0.29) is 5.56 Å². The van der Waals surface area contributed by atoms with Crippen molar-refractivity contribution in [1.82, 2.24) is 19.6 Å². The molecule has 0 radical (unpaired) electrons. The highest BCUT2D eigenvalue weighted by Crippen LogP contribution is 2.16. The summed E-state index contributed by atoms with van der Waals surface area (Å²) in [6, 6.07) is 18.5. The minimum Gasteiger partial charge on any atom is -0.305 e. The van der Waals surface area contributed by atoms with Crippen molar-refractivity contribution in [3.63, 3.8) is 0 Å². The van der Waals surface area contributed by atoms with Gasteiger partial charge in [-0.15, -0.1) is 0 Å². The predicted molar refractivity (Wildman–Crippen MR) is 105 cm³/mol. The van der Waals surface area contributed by atoms with Gasteiger partial charge < -0.3 is 4.90 Å². The molecule has 0 saturated carbocycles. The molecule has 26 heavy (non-hydrogen) atoms. The number of benzene rings is 2. The van der Waals surface area contributed by atoms with Crippen LogP contribution in [0.25, 0.3) is 10.9 Å². The number of fused-ring (bicyclic) bond motifs is 1. The van der Waals surface area contributed by atoms with Crippen molar-refractivity contribution in [3.8, 4) is 0 Å². The van der Waals surface area contributed by atoms with Crippen LogP contribution in [0.1, 0.15) is 5.56 Å². The molecule has 5 nitrogen and oxygen atoms in total. The zero-order valence-corrected chi connectivity index (χ0v) is 15.3. The van der Waals surface area contributed by atoms with Crippen molar-refractivity contribution >= 4 is 10.9 Å². The summed E-state index contributed by atoms with van der Waals surface area (Å²) in [6.45, 7) is 6.04. The Bertz CT molecular complexity index is 914. The average molecular weight is 350 g/mol. The molecule has 136 valence electrons. The van der Waals surface area contributed by atoms with Gasteiger partial charge in [0.05, 0.1) is 10.9 Å². The number of H-pyrrole nitrogens is 1. The van der Waals surface area contributed by atoms with Crippen LogP contribution in [0.5, 0.6) is 0 Å². The van der Waals surface area contributed by atoms with Crippen LogP contribution >= 0.6 is 0 Å². The highest BCUT2D eigenvalue weighted by molar-refractivity contribution is 5.78. The molecule has 2 aromatic carbocycles. The van der Waals surface area contributed by atoms with Crippen LogP contribution in [0.3, 0.4) is 0 Å². The first kappa shape index (κ1) is 17.1. The van der Waals surface area contributed by atoms with Gasteiger partial charge in [0.2, 0.25) is 0 Å². The van der Waals surface area contributed by atoms with Crippen molar-refractivity contribution in [3.05, 3.63) is 70.5 Å². The van der Waals surface area contributed by atoms with Crippen LogP contribution < -0.4 is 5.56 Å². The number of hydrogen-bond donors (Lipinski definition) is 1. The van der Waals surface area contributed by atoms with E-state index in [1.165, 1.54) is 5.56 Å². The maximum Gasteiger partial charge on any atom is 0.271 e. The van der Waals surface area contributed by atoms with E-state index in [4.69, 9.17) is 0 Å². The number of nitrogens with one attached hydrogen (secondary N) is 1. The molecule has 1 saturated heterocycles. The molecular weight excluding hydrogens is 324 g/mol. The van der Waals surface area contributed by atoms with Gasteiger partial charge in [0.15, 0.2) is 0 Å². The average Bonchev–Trinajstić information content (AvgIpc) is 2.85. The van der Waals surface area contributed by atoms with Crippen molar-refractivity contribution in [2.75, 3.05) is 33.2 Å². The molecule has 1 atom stereocenters. The monoisotopic (exact) mass is 350 g/mol. The molecule has 0 aliphatic carbocycles. The second-order valence-corrected chi connectivity index (χ2v) is 7.42. The quantitative estimate of drug-likeness (QED) is 0.786. The molecule has 0 amide bonds. The van der Waals surface area contributed by atoms with Gasteiger partial charge in [0.1, 0.15) is 0 Å². The molecule has 4 rings (SSSR count). The Morgan fingerprint density at radius 1 is 1.00 bits per heavy atom. The summed E-state index contributed by atoms with van der Waals surface area (Å²) in [5, 5.41) is 3.80. The second-order valence-electron chi connectivity index (χ2n) is 7.42. The molecule has 3 aromatic rings. The maximum atomic E-state index is 12.2. The standard InChI is InChI=1S/C21H26N4O/c1-23-11-12-24(14-17-7-3-2-4-8-17)15-18(13-23)16-25-20-10-6-5-9-19(20)21(26)22-25/h2-10,18H,11-16H2,1H3,(H,22,26). The molecule has 1 N–H and O–H groups in total. The van der Waals surface area contributed by atoms with Gasteiger partial charge in [0, 0.05) is 45.2 Å². The molecule has 1 aliphatic heterocycles. The first-order chi connectivity index (χ1) is 12.7. The normalized spacial score (nSPS) is 19.7. The van der Waals surface area contributed by atoms with Crippen molar-refractivity contribution in [2.45, 2.75) is 13.1 Å². The summed E-state index contributed by atoms with van der Waals surface area (Å²) < 4.78 is 2.03. The fraction of sp³-hybridized carbons (Fsp3) is 0.381. The predicted octanol–water partition coefficient (Wildman–Crippen LogP) is 2.39. The van der Waals surface area contributed by atoms with Gasteiger partial charge in [-0.3, -0.25) is 19.5 Å². The maximum absolute atomic E-state index is 12.2. The minimum atomic E-state index is 0.00344. The van der Waals surface area contributed by atoms with Crippen LogP contribution in [-0.4, -0.2) is 52.8 Å². The van der Waals surface area contributed by atoms with E-state index in [1.54, 1.807) is 0 Å². The van der Waals surface area contributed by atoms with Gasteiger partial charge >= 0.3 is 0 Å². The Labute approximate surface area is 153 Å². The van der Waals surface area contributed by atoms with E-state index in [9.17, 15) is 4.79 Å². The van der Waals surface area contributed by atoms with Gasteiger partial charge in [0.25, 0.3) is 5.56 Å². The summed E-state index contributed by atoms with van der Waals surface area (Å²) in [4.78, 5) is 17.1. The van der Waals surface area contributed by atoms with E-state index in [0.717, 1.165) is 50.2 Å². The van der Waals surface area contributed by atoms with Crippen LogP contribution in [0.15, 0.2) is 59.4 Å². The molecule has 1 aromatic heterocycles. The van der Waals surface area contributed by atoms with Gasteiger partial charge in [-0.2, -0.15) is 0 Å². The van der Waals surface area contributed by atoms with Gasteiger partial charge in [-0.1, -0.05) is 42.5 Å². The smallest absolute Gasteiger partial charge is 0.271 e. The van der Waals surface area contributed by atoms with Crippen LogP contribution in [0.2, 0.25) is 0 Å². The summed E-state index contributed by atoms with van der Waals surface area (Å²) >= 11 is 0. The van der Waals surface area contributed by atoms with E-state index in [0.29, 0.717) is 5.92 Å². The number of hydrogen-bond acceptors (Lipinski definition) is 3. The third kappa shape index (κ3) is 3.74. The Morgan fingerprint density at radius 3 is 2.62 bits per heavy atom. The number of para-hydroxylation sites is 1. The van der Waals surface area contributed by atoms with Gasteiger partial charge in [-0.05, 0) is 24.7 Å². The zero-order valence-electron chi connectivity index (χ0n) is 15.3. The lowest BCUT2D eigenvalue weighted by Gasteiger charge is -2.24. The Hall–Kier alpha value is -2.37. The molecule has 0 bridgehead atoms. The van der Waals surface area contributed by atoms with E-state index in [1.807, 2.05) is 28.9 Å². The fourth-order valence-electron chi connectivity index (χ4n) is 4.01. The minimum absolute atomic E-state index is 0.00344. The summed E-state index contributed by atoms with van der Waals surface area (Å²) in [7, 11) is 2.19. The highest BCUT2D eigenvalue weighted by atomic mass is 16.1. The van der Waals surface area contributed by atoms with Crippen LogP contribution in [0, 0.1) is 5.92 Å². The lowest BCUT2D eigenvalue weighted by atomic mass is 10.1. The number of aromatic nitrogens is 2. The summed E-state index contributed by atoms with van der Waals surface area (Å²) in [5.74, 6) is 0.470. The van der Waals surface area contributed by atoms with Crippen LogP contribution in [0.4, 0.5) is 0 Å². The number of nitrogens with zero attached hydrogens (tertiary/aromatic N) is 3. The molecular formula is C21H26N4O. The third-order valence-corrected chi connectivity index (χ3v) is 5.25. The Morgan fingerprint density at radius 2 is 1.77 bits per heavy atom. The first-order valence-corrected chi connectivity index (χ1v) is 9.31. The number of aromatic amines is 1.